The van der Waals surface area contributed by atoms with Gasteiger partial charge in [-0.15, -0.1) is 0 Å². The minimum atomic E-state index is -2.91. The molecule has 0 saturated heterocycles. The molecule has 0 spiro atoms. The number of alkyl halides is 2. The zero-order valence-corrected chi connectivity index (χ0v) is 19.3. The van der Waals surface area contributed by atoms with Crippen molar-refractivity contribution in [1.29, 1.82) is 0 Å². The molecule has 168 valence electrons. The Morgan fingerprint density at radius 1 is 1.00 bits per heavy atom. The van der Waals surface area contributed by atoms with Gasteiger partial charge < -0.3 is 9.64 Å². The van der Waals surface area contributed by atoms with Crippen LogP contribution in [0.1, 0.15) is 22.9 Å². The molecular weight excluding hydrogens is 493 g/mol. The molecule has 0 radical (unpaired) electrons. The van der Waals surface area contributed by atoms with Crippen LogP contribution in [-0.2, 0) is 0 Å². The van der Waals surface area contributed by atoms with Crippen molar-refractivity contribution in [2.24, 2.45) is 4.99 Å². The van der Waals surface area contributed by atoms with Crippen molar-refractivity contribution < 1.29 is 13.5 Å². The van der Waals surface area contributed by atoms with Gasteiger partial charge in [-0.05, 0) is 42.8 Å². The van der Waals surface area contributed by atoms with E-state index >= 15 is 0 Å². The Morgan fingerprint density at radius 2 is 1.70 bits per heavy atom. The predicted molar refractivity (Wildman–Crippen MR) is 125 cm³/mol. The quantitative estimate of drug-likeness (QED) is 0.357. The van der Waals surface area contributed by atoms with Crippen molar-refractivity contribution in [2.45, 2.75) is 19.6 Å². The van der Waals surface area contributed by atoms with Crippen molar-refractivity contribution in [3.63, 3.8) is 0 Å². The summed E-state index contributed by atoms with van der Waals surface area (Å²) in [6.45, 7) is -1.04. The number of para-hydroxylation sites is 1. The van der Waals surface area contributed by atoms with Crippen molar-refractivity contribution in [1.82, 2.24) is 14.7 Å². The topological polar surface area (TPSA) is 42.6 Å². The van der Waals surface area contributed by atoms with Crippen molar-refractivity contribution >= 4 is 46.5 Å². The van der Waals surface area contributed by atoms with Gasteiger partial charge in [0.2, 0.25) is 0 Å². The van der Waals surface area contributed by atoms with E-state index in [9.17, 15) is 8.78 Å². The molecule has 2 aliphatic rings. The average Bonchev–Trinajstić information content (AvgIpc) is 3.13. The molecule has 0 bridgehead atoms. The number of ether oxygens (including phenoxy) is 1. The van der Waals surface area contributed by atoms with Crippen molar-refractivity contribution in [2.75, 3.05) is 0 Å². The summed E-state index contributed by atoms with van der Waals surface area (Å²) in [5, 5.41) is 5.55. The number of allylic oxidation sites excluding steroid dienone is 2. The molecule has 5 rings (SSSR count). The van der Waals surface area contributed by atoms with Gasteiger partial charge in [0.05, 0.1) is 27.5 Å². The summed E-state index contributed by atoms with van der Waals surface area (Å²) in [6, 6.07) is 15.4. The molecule has 1 atom stereocenters. The van der Waals surface area contributed by atoms with Crippen LogP contribution in [-0.4, -0.2) is 27.1 Å². The summed E-state index contributed by atoms with van der Waals surface area (Å²) in [5.41, 5.74) is 3.09. The van der Waals surface area contributed by atoms with Gasteiger partial charge in [-0.3, -0.25) is 0 Å². The molecule has 10 heteroatoms. The molecular formula is C23H15Cl3F2N4O. The maximum Gasteiger partial charge on any atom is 0.387 e. The van der Waals surface area contributed by atoms with Crippen LogP contribution in [0.3, 0.4) is 0 Å². The van der Waals surface area contributed by atoms with E-state index in [1.807, 2.05) is 37.3 Å². The molecule has 2 aromatic carbocycles. The second-order valence-corrected chi connectivity index (χ2v) is 8.53. The first-order chi connectivity index (χ1) is 15.8. The lowest BCUT2D eigenvalue weighted by molar-refractivity contribution is -0.0498. The summed E-state index contributed by atoms with van der Waals surface area (Å²) in [4.78, 5) is 6.53. The molecule has 0 amide bonds. The van der Waals surface area contributed by atoms with Gasteiger partial charge >= 0.3 is 6.61 Å². The molecule has 1 unspecified atom stereocenters. The lowest BCUT2D eigenvalue weighted by Crippen LogP contribution is -2.38. The Bertz CT molecular complexity index is 1320. The summed E-state index contributed by atoms with van der Waals surface area (Å²) in [6.07, 6.45) is 1.54. The van der Waals surface area contributed by atoms with Crippen LogP contribution in [0.25, 0.3) is 5.69 Å². The Labute approximate surface area is 203 Å². The van der Waals surface area contributed by atoms with Gasteiger partial charge in [-0.1, -0.05) is 65.1 Å². The fourth-order valence-corrected chi connectivity index (χ4v) is 4.71. The van der Waals surface area contributed by atoms with Crippen LogP contribution in [0, 0.1) is 6.92 Å². The number of nitrogens with zero attached hydrogens (tertiary/aromatic N) is 4. The fraction of sp³-hybridized carbons (Fsp3) is 0.130. The smallest absolute Gasteiger partial charge is 0.387 e. The van der Waals surface area contributed by atoms with E-state index in [-0.39, 0.29) is 15.9 Å². The molecule has 0 N–H and O–H groups in total. The van der Waals surface area contributed by atoms with Crippen LogP contribution in [0.2, 0.25) is 0 Å². The normalized spacial score (nSPS) is 17.5. The third kappa shape index (κ3) is 3.80. The Kier molecular flexibility index (Phi) is 5.64. The molecule has 1 aromatic heterocycles. The fourth-order valence-electron chi connectivity index (χ4n) is 3.98. The second kappa shape index (κ2) is 8.48. The number of hydrogen-bond donors (Lipinski definition) is 0. The number of fused-ring (bicyclic) bond motifs is 2. The minimum Gasteiger partial charge on any atom is -0.435 e. The van der Waals surface area contributed by atoms with E-state index in [2.05, 4.69) is 4.74 Å². The Hall–Kier alpha value is -2.87. The van der Waals surface area contributed by atoms with E-state index in [0.717, 1.165) is 22.5 Å². The Balaban J connectivity index is 1.73. The van der Waals surface area contributed by atoms with Crippen molar-refractivity contribution in [3.05, 3.63) is 92.7 Å². The first kappa shape index (κ1) is 21.9. The van der Waals surface area contributed by atoms with Crippen LogP contribution in [0.4, 0.5) is 14.6 Å². The first-order valence-corrected chi connectivity index (χ1v) is 11.0. The summed E-state index contributed by atoms with van der Waals surface area (Å²) in [7, 11) is 0. The largest absolute Gasteiger partial charge is 0.435 e. The monoisotopic (exact) mass is 506 g/mol. The highest BCUT2D eigenvalue weighted by atomic mass is 35.5. The lowest BCUT2D eigenvalue weighted by atomic mass is 9.94. The number of rotatable bonds is 4. The summed E-state index contributed by atoms with van der Waals surface area (Å²) < 4.78 is 31.5. The zero-order valence-electron chi connectivity index (χ0n) is 17.0. The highest BCUT2D eigenvalue weighted by molar-refractivity contribution is 6.49. The average molecular weight is 508 g/mol. The van der Waals surface area contributed by atoms with Crippen molar-refractivity contribution in [3.8, 4) is 11.4 Å². The van der Waals surface area contributed by atoms with Crippen LogP contribution < -0.4 is 4.74 Å². The van der Waals surface area contributed by atoms with Gasteiger partial charge in [0.1, 0.15) is 10.9 Å². The van der Waals surface area contributed by atoms with Crippen LogP contribution in [0.15, 0.2) is 80.9 Å². The van der Waals surface area contributed by atoms with Crippen LogP contribution >= 0.6 is 34.8 Å². The molecule has 33 heavy (non-hydrogen) atoms. The SMILES string of the molecule is Cc1nn(-c2ccccc2)c2c1C(c1ccc(OC(F)F)cc1)N1C(=N2)C(Cl)=CC(Cl)=C1Cl. The highest BCUT2D eigenvalue weighted by Gasteiger charge is 2.40. The van der Waals surface area contributed by atoms with Gasteiger partial charge in [-0.25, -0.2) is 9.67 Å². The Morgan fingerprint density at radius 3 is 2.36 bits per heavy atom. The minimum absolute atomic E-state index is 0.0478. The lowest BCUT2D eigenvalue weighted by Gasteiger charge is -2.39. The third-order valence-electron chi connectivity index (χ3n) is 5.35. The molecule has 2 aliphatic heterocycles. The maximum absolute atomic E-state index is 12.6. The van der Waals surface area contributed by atoms with E-state index in [1.54, 1.807) is 27.8 Å². The molecule has 3 heterocycles. The predicted octanol–water partition coefficient (Wildman–Crippen LogP) is 7.00. The summed E-state index contributed by atoms with van der Waals surface area (Å²) in [5.74, 6) is 1.05. The number of aliphatic imine (C=N–C) groups is 1. The number of hydrogen-bond acceptors (Lipinski definition) is 4. The van der Waals surface area contributed by atoms with Crippen LogP contribution in [0.5, 0.6) is 5.75 Å². The molecule has 0 saturated carbocycles. The number of aryl methyl sites for hydroxylation is 1. The molecule has 0 fully saturated rings. The van der Waals surface area contributed by atoms with Gasteiger partial charge in [0, 0.05) is 5.56 Å². The van der Waals surface area contributed by atoms with E-state index in [0.29, 0.717) is 16.7 Å². The summed E-state index contributed by atoms with van der Waals surface area (Å²) >= 11 is 19.5. The number of benzene rings is 2. The van der Waals surface area contributed by atoms with Gasteiger partial charge in [0.15, 0.2) is 11.7 Å². The van der Waals surface area contributed by atoms with Gasteiger partial charge in [-0.2, -0.15) is 13.9 Å². The molecule has 0 aliphatic carbocycles. The van der Waals surface area contributed by atoms with Gasteiger partial charge in [0.25, 0.3) is 0 Å². The van der Waals surface area contributed by atoms with E-state index in [4.69, 9.17) is 44.9 Å². The number of halogens is 5. The highest BCUT2D eigenvalue weighted by Crippen LogP contribution is 2.48. The zero-order chi connectivity index (χ0) is 23.3. The first-order valence-electron chi connectivity index (χ1n) is 9.85. The second-order valence-electron chi connectivity index (χ2n) is 7.36. The molecule has 5 nitrogen and oxygen atoms in total. The number of aromatic nitrogens is 2. The standard InChI is InChI=1S/C23H15Cl3F2N4O/c1-12-18-19(13-7-9-15(10-8-13)33-23(27)28)31-20(26)16(24)11-17(25)21(31)29-22(18)32(30-12)14-5-3-2-4-6-14/h2-11,19,23H,1H3. The maximum atomic E-state index is 12.6. The third-order valence-corrected chi connectivity index (χ3v) is 6.40. The van der Waals surface area contributed by atoms with E-state index in [1.165, 1.54) is 12.1 Å². The molecule has 3 aromatic rings. The number of amidine groups is 1. The van der Waals surface area contributed by atoms with E-state index < -0.39 is 12.7 Å².